The number of ether oxygens (including phenoxy) is 2. The number of amides is 1. The Morgan fingerprint density at radius 1 is 1.55 bits per heavy atom. The molecule has 0 spiro atoms. The molecule has 22 heavy (non-hydrogen) atoms. The lowest BCUT2D eigenvalue weighted by molar-refractivity contribution is -0.130. The number of carbonyl (C=O) groups is 1. The summed E-state index contributed by atoms with van der Waals surface area (Å²) in [4.78, 5) is 17.3. The Morgan fingerprint density at radius 3 is 3.23 bits per heavy atom. The van der Waals surface area contributed by atoms with Crippen LogP contribution in [0.25, 0.3) is 10.6 Å². The molecule has 1 atom stereocenters. The average Bonchev–Trinajstić information content (AvgIpc) is 3.24. The first-order valence-electron chi connectivity index (χ1n) is 7.25. The predicted octanol–water partition coefficient (Wildman–Crippen LogP) is 2.61. The number of benzene rings is 1. The van der Waals surface area contributed by atoms with Gasteiger partial charge in [-0.2, -0.15) is 0 Å². The number of nitrogens with zero attached hydrogens (tertiary/aromatic N) is 1. The van der Waals surface area contributed by atoms with E-state index in [2.05, 4.69) is 10.3 Å². The van der Waals surface area contributed by atoms with Gasteiger partial charge in [-0.1, -0.05) is 12.1 Å². The minimum absolute atomic E-state index is 0.0335. The largest absolute Gasteiger partial charge is 0.497 e. The van der Waals surface area contributed by atoms with Crippen molar-refractivity contribution in [1.82, 2.24) is 10.3 Å². The standard InChI is InChI=1S/C16H18N2O3S/c1-20-12-5-2-4-11(8-12)16-18-10-13(22-16)9-17-15(19)14-6-3-7-21-14/h2,4-5,8,10,14H,3,6-7,9H2,1H3,(H,17,19)/t14-/m0/s1. The summed E-state index contributed by atoms with van der Waals surface area (Å²) >= 11 is 1.57. The zero-order valence-corrected chi connectivity index (χ0v) is 13.2. The molecule has 6 heteroatoms. The highest BCUT2D eigenvalue weighted by Gasteiger charge is 2.23. The summed E-state index contributed by atoms with van der Waals surface area (Å²) in [5, 5.41) is 3.83. The monoisotopic (exact) mass is 318 g/mol. The van der Waals surface area contributed by atoms with Gasteiger partial charge in [0.15, 0.2) is 0 Å². The first-order valence-corrected chi connectivity index (χ1v) is 8.06. The Morgan fingerprint density at radius 2 is 2.45 bits per heavy atom. The van der Waals surface area contributed by atoms with Gasteiger partial charge >= 0.3 is 0 Å². The van der Waals surface area contributed by atoms with E-state index in [4.69, 9.17) is 9.47 Å². The van der Waals surface area contributed by atoms with Crippen molar-refractivity contribution in [2.75, 3.05) is 13.7 Å². The second kappa shape index (κ2) is 6.89. The second-order valence-corrected chi connectivity index (χ2v) is 6.20. The molecule has 1 aromatic heterocycles. The minimum atomic E-state index is -0.286. The lowest BCUT2D eigenvalue weighted by Crippen LogP contribution is -2.33. The second-order valence-electron chi connectivity index (χ2n) is 5.08. The Balaban J connectivity index is 1.62. The average molecular weight is 318 g/mol. The molecule has 5 nitrogen and oxygen atoms in total. The molecule has 2 heterocycles. The number of carbonyl (C=O) groups excluding carboxylic acids is 1. The normalized spacial score (nSPS) is 17.4. The van der Waals surface area contributed by atoms with Gasteiger partial charge in [-0.15, -0.1) is 11.3 Å². The van der Waals surface area contributed by atoms with E-state index in [1.807, 2.05) is 24.3 Å². The van der Waals surface area contributed by atoms with Crippen LogP contribution in [0.15, 0.2) is 30.5 Å². The molecule has 0 aliphatic carbocycles. The maximum Gasteiger partial charge on any atom is 0.249 e. The SMILES string of the molecule is COc1cccc(-c2ncc(CNC(=O)[C@@H]3CCCO3)s2)c1. The number of nitrogens with one attached hydrogen (secondary N) is 1. The highest BCUT2D eigenvalue weighted by molar-refractivity contribution is 7.15. The van der Waals surface area contributed by atoms with Crippen molar-refractivity contribution < 1.29 is 14.3 Å². The molecule has 1 fully saturated rings. The van der Waals surface area contributed by atoms with Crippen molar-refractivity contribution in [3.05, 3.63) is 35.3 Å². The third-order valence-electron chi connectivity index (χ3n) is 3.53. The number of hydrogen-bond donors (Lipinski definition) is 1. The maximum absolute atomic E-state index is 11.9. The van der Waals surface area contributed by atoms with Gasteiger partial charge in [0.05, 0.1) is 13.7 Å². The molecule has 2 aromatic rings. The lowest BCUT2D eigenvalue weighted by Gasteiger charge is -2.08. The molecule has 1 amide bonds. The van der Waals surface area contributed by atoms with Crippen LogP contribution in [0.2, 0.25) is 0 Å². The van der Waals surface area contributed by atoms with Crippen molar-refractivity contribution in [2.24, 2.45) is 0 Å². The zero-order chi connectivity index (χ0) is 15.4. The Hall–Kier alpha value is -1.92. The molecule has 1 aliphatic rings. The van der Waals surface area contributed by atoms with E-state index in [1.165, 1.54) is 0 Å². The van der Waals surface area contributed by atoms with E-state index in [1.54, 1.807) is 24.6 Å². The van der Waals surface area contributed by atoms with Crippen LogP contribution in [0.3, 0.4) is 0 Å². The summed E-state index contributed by atoms with van der Waals surface area (Å²) in [6.07, 6.45) is 3.28. The van der Waals surface area contributed by atoms with Crippen molar-refractivity contribution in [3.8, 4) is 16.3 Å². The fourth-order valence-electron chi connectivity index (χ4n) is 2.35. The third kappa shape index (κ3) is 3.45. The summed E-state index contributed by atoms with van der Waals surface area (Å²) < 4.78 is 10.6. The fraction of sp³-hybridized carbons (Fsp3) is 0.375. The first-order chi connectivity index (χ1) is 10.8. The van der Waals surface area contributed by atoms with Gasteiger partial charge in [0.1, 0.15) is 16.9 Å². The Kier molecular flexibility index (Phi) is 4.70. The lowest BCUT2D eigenvalue weighted by atomic mass is 10.2. The van der Waals surface area contributed by atoms with Crippen molar-refractivity contribution in [1.29, 1.82) is 0 Å². The number of hydrogen-bond acceptors (Lipinski definition) is 5. The molecule has 1 aliphatic heterocycles. The van der Waals surface area contributed by atoms with E-state index >= 15 is 0 Å². The van der Waals surface area contributed by atoms with Gasteiger partial charge in [0.2, 0.25) is 5.91 Å². The molecule has 3 rings (SSSR count). The van der Waals surface area contributed by atoms with Gasteiger partial charge in [-0.05, 0) is 25.0 Å². The van der Waals surface area contributed by atoms with Crippen LogP contribution >= 0.6 is 11.3 Å². The van der Waals surface area contributed by atoms with Crippen molar-refractivity contribution in [2.45, 2.75) is 25.5 Å². The topological polar surface area (TPSA) is 60.5 Å². The van der Waals surface area contributed by atoms with Gasteiger partial charge in [0.25, 0.3) is 0 Å². The molecule has 0 unspecified atom stereocenters. The van der Waals surface area contributed by atoms with Crippen LogP contribution in [0.5, 0.6) is 5.75 Å². The summed E-state index contributed by atoms with van der Waals surface area (Å²) in [7, 11) is 1.65. The molecule has 1 saturated heterocycles. The van der Waals surface area contributed by atoms with Crippen molar-refractivity contribution in [3.63, 3.8) is 0 Å². The smallest absolute Gasteiger partial charge is 0.249 e. The Bertz CT molecular complexity index is 650. The van der Waals surface area contributed by atoms with Crippen LogP contribution in [0.1, 0.15) is 17.7 Å². The fourth-order valence-corrected chi connectivity index (χ4v) is 3.20. The van der Waals surface area contributed by atoms with E-state index in [9.17, 15) is 4.79 Å². The maximum atomic E-state index is 11.9. The quantitative estimate of drug-likeness (QED) is 0.920. The molecular weight excluding hydrogens is 300 g/mol. The molecular formula is C16H18N2O3S. The molecule has 116 valence electrons. The van der Waals surface area contributed by atoms with Crippen LogP contribution in [-0.2, 0) is 16.1 Å². The van der Waals surface area contributed by atoms with Crippen LogP contribution in [0.4, 0.5) is 0 Å². The van der Waals surface area contributed by atoms with E-state index in [-0.39, 0.29) is 12.0 Å². The predicted molar refractivity (Wildman–Crippen MR) is 84.9 cm³/mol. The van der Waals surface area contributed by atoms with Crippen LogP contribution < -0.4 is 10.1 Å². The van der Waals surface area contributed by atoms with Crippen LogP contribution in [0, 0.1) is 0 Å². The zero-order valence-electron chi connectivity index (χ0n) is 12.4. The van der Waals surface area contributed by atoms with E-state index in [0.717, 1.165) is 34.0 Å². The van der Waals surface area contributed by atoms with Crippen molar-refractivity contribution >= 4 is 17.2 Å². The number of methoxy groups -OCH3 is 1. The molecule has 0 radical (unpaired) electrons. The van der Waals surface area contributed by atoms with Crippen LogP contribution in [-0.4, -0.2) is 30.7 Å². The van der Waals surface area contributed by atoms with Gasteiger partial charge in [0, 0.05) is 23.2 Å². The molecule has 1 N–H and O–H groups in total. The van der Waals surface area contributed by atoms with E-state index < -0.39 is 0 Å². The molecule has 0 saturated carbocycles. The highest BCUT2D eigenvalue weighted by Crippen LogP contribution is 2.27. The summed E-state index contributed by atoms with van der Waals surface area (Å²) in [6.45, 7) is 1.17. The summed E-state index contributed by atoms with van der Waals surface area (Å²) in [5.74, 6) is 0.773. The first kappa shape index (κ1) is 15.0. The number of thiazole rings is 1. The molecule has 0 bridgehead atoms. The van der Waals surface area contributed by atoms with Gasteiger partial charge in [-0.25, -0.2) is 4.98 Å². The Labute approximate surface area is 133 Å². The molecule has 1 aromatic carbocycles. The number of rotatable bonds is 5. The number of aromatic nitrogens is 1. The van der Waals surface area contributed by atoms with Gasteiger partial charge < -0.3 is 14.8 Å². The summed E-state index contributed by atoms with van der Waals surface area (Å²) in [5.41, 5.74) is 1.01. The minimum Gasteiger partial charge on any atom is -0.497 e. The van der Waals surface area contributed by atoms with Gasteiger partial charge in [-0.3, -0.25) is 4.79 Å². The van der Waals surface area contributed by atoms with E-state index in [0.29, 0.717) is 13.2 Å². The highest BCUT2D eigenvalue weighted by atomic mass is 32.1. The third-order valence-corrected chi connectivity index (χ3v) is 4.58. The summed E-state index contributed by atoms with van der Waals surface area (Å²) in [6, 6.07) is 7.79.